The maximum Gasteiger partial charge on any atom is 0.330 e. The van der Waals surface area contributed by atoms with E-state index in [1.54, 1.807) is 37.3 Å². The van der Waals surface area contributed by atoms with Crippen molar-refractivity contribution >= 4 is 23.6 Å². The number of benzene rings is 2. The van der Waals surface area contributed by atoms with E-state index in [0.29, 0.717) is 12.3 Å². The van der Waals surface area contributed by atoms with Crippen molar-refractivity contribution in [2.75, 3.05) is 11.9 Å². The number of rotatable bonds is 5. The van der Waals surface area contributed by atoms with Crippen LogP contribution in [0.25, 0.3) is 6.08 Å². The summed E-state index contributed by atoms with van der Waals surface area (Å²) in [6.45, 7) is 2.01. The van der Waals surface area contributed by atoms with Gasteiger partial charge in [0.05, 0.1) is 12.2 Å². The van der Waals surface area contributed by atoms with Gasteiger partial charge in [0, 0.05) is 11.8 Å². The van der Waals surface area contributed by atoms with E-state index in [2.05, 4.69) is 5.32 Å². The Morgan fingerprint density at radius 2 is 1.83 bits per heavy atom. The average molecular weight is 331 g/mol. The number of nitrogens with one attached hydrogen (secondary N) is 1. The Kier molecular flexibility index (Phi) is 5.78. The number of hydrogen-bond acceptors (Lipinski definition) is 3. The molecule has 124 valence electrons. The quantitative estimate of drug-likeness (QED) is 0.670. The second kappa shape index (κ2) is 8.01. The van der Waals surface area contributed by atoms with E-state index in [4.69, 9.17) is 4.74 Å². The minimum absolute atomic E-state index is 0.296. The second-order valence-corrected chi connectivity index (χ2v) is 4.79. The van der Waals surface area contributed by atoms with Crippen LogP contribution in [0.2, 0.25) is 0 Å². The minimum atomic E-state index is -0.803. The van der Waals surface area contributed by atoms with Gasteiger partial charge in [-0.3, -0.25) is 4.79 Å². The van der Waals surface area contributed by atoms with Crippen LogP contribution in [0.5, 0.6) is 0 Å². The molecule has 0 saturated heterocycles. The Balaban J connectivity index is 2.05. The van der Waals surface area contributed by atoms with E-state index >= 15 is 0 Å². The van der Waals surface area contributed by atoms with Crippen LogP contribution in [0.1, 0.15) is 22.8 Å². The molecule has 0 atom stereocenters. The van der Waals surface area contributed by atoms with Gasteiger partial charge >= 0.3 is 5.97 Å². The highest BCUT2D eigenvalue weighted by atomic mass is 19.1. The lowest BCUT2D eigenvalue weighted by atomic mass is 10.1. The number of esters is 1. The number of amides is 1. The van der Waals surface area contributed by atoms with Crippen molar-refractivity contribution in [3.63, 3.8) is 0 Å². The summed E-state index contributed by atoms with van der Waals surface area (Å²) >= 11 is 0. The Bertz CT molecular complexity index is 770. The molecule has 2 aromatic rings. The van der Waals surface area contributed by atoms with Crippen LogP contribution < -0.4 is 5.32 Å². The Morgan fingerprint density at radius 3 is 2.50 bits per heavy atom. The van der Waals surface area contributed by atoms with Crippen molar-refractivity contribution in [1.29, 1.82) is 0 Å². The molecule has 0 aliphatic carbocycles. The molecule has 0 spiro atoms. The minimum Gasteiger partial charge on any atom is -0.463 e. The van der Waals surface area contributed by atoms with Crippen LogP contribution in [0.3, 0.4) is 0 Å². The third-order valence-electron chi connectivity index (χ3n) is 3.04. The van der Waals surface area contributed by atoms with Gasteiger partial charge in [-0.1, -0.05) is 12.1 Å². The van der Waals surface area contributed by atoms with Crippen molar-refractivity contribution < 1.29 is 23.1 Å². The van der Waals surface area contributed by atoms with Gasteiger partial charge in [0.1, 0.15) is 11.6 Å². The molecule has 0 aromatic heterocycles. The highest BCUT2D eigenvalue weighted by Gasteiger charge is 2.12. The zero-order valence-electron chi connectivity index (χ0n) is 12.9. The normalized spacial score (nSPS) is 10.6. The Morgan fingerprint density at radius 1 is 1.12 bits per heavy atom. The Labute approximate surface area is 137 Å². The summed E-state index contributed by atoms with van der Waals surface area (Å²) in [7, 11) is 0. The molecule has 2 aromatic carbocycles. The summed E-state index contributed by atoms with van der Waals surface area (Å²) in [5.41, 5.74) is 0.760. The molecule has 1 amide bonds. The second-order valence-electron chi connectivity index (χ2n) is 4.79. The summed E-state index contributed by atoms with van der Waals surface area (Å²) in [5.74, 6) is -2.69. The van der Waals surface area contributed by atoms with Gasteiger partial charge in [0.2, 0.25) is 0 Å². The molecule has 4 nitrogen and oxygen atoms in total. The highest BCUT2D eigenvalue weighted by molar-refractivity contribution is 6.04. The fourth-order valence-electron chi connectivity index (χ4n) is 1.90. The zero-order chi connectivity index (χ0) is 17.5. The highest BCUT2D eigenvalue weighted by Crippen LogP contribution is 2.15. The molecule has 0 radical (unpaired) electrons. The molecule has 0 saturated carbocycles. The number of carbonyl (C=O) groups is 2. The summed E-state index contributed by atoms with van der Waals surface area (Å²) in [6.07, 6.45) is 2.86. The van der Waals surface area contributed by atoms with E-state index in [0.717, 1.165) is 23.8 Å². The summed E-state index contributed by atoms with van der Waals surface area (Å²) in [5, 5.41) is 2.48. The van der Waals surface area contributed by atoms with Gasteiger partial charge in [-0.15, -0.1) is 0 Å². The molecule has 0 heterocycles. The van der Waals surface area contributed by atoms with Crippen molar-refractivity contribution in [1.82, 2.24) is 0 Å². The van der Waals surface area contributed by atoms with E-state index in [1.165, 1.54) is 6.08 Å². The van der Waals surface area contributed by atoms with Gasteiger partial charge in [0.25, 0.3) is 5.91 Å². The molecular formula is C18H15F2NO3. The first-order chi connectivity index (χ1) is 11.5. The van der Waals surface area contributed by atoms with Crippen LogP contribution in [0.15, 0.2) is 48.5 Å². The molecule has 2 rings (SSSR count). The van der Waals surface area contributed by atoms with Crippen molar-refractivity contribution in [2.45, 2.75) is 6.92 Å². The smallest absolute Gasteiger partial charge is 0.330 e. The van der Waals surface area contributed by atoms with Gasteiger partial charge in [0.15, 0.2) is 0 Å². The van der Waals surface area contributed by atoms with Crippen LogP contribution in [0, 0.1) is 11.6 Å². The molecule has 0 fully saturated rings. The number of anilines is 1. The Hall–Kier alpha value is -3.02. The molecule has 0 aliphatic rings. The molecule has 0 bridgehead atoms. The third-order valence-corrected chi connectivity index (χ3v) is 3.04. The molecule has 0 unspecified atom stereocenters. The third kappa shape index (κ3) is 4.74. The largest absolute Gasteiger partial charge is 0.463 e. The van der Waals surface area contributed by atoms with Crippen LogP contribution in [-0.2, 0) is 9.53 Å². The molecule has 1 N–H and O–H groups in total. The molecular weight excluding hydrogens is 316 g/mol. The summed E-state index contributed by atoms with van der Waals surface area (Å²) in [4.78, 5) is 23.2. The zero-order valence-corrected chi connectivity index (χ0v) is 12.9. The van der Waals surface area contributed by atoms with Crippen molar-refractivity contribution in [3.05, 3.63) is 71.3 Å². The van der Waals surface area contributed by atoms with Crippen LogP contribution >= 0.6 is 0 Å². The van der Waals surface area contributed by atoms with Gasteiger partial charge in [-0.25, -0.2) is 13.6 Å². The summed E-state index contributed by atoms with van der Waals surface area (Å²) < 4.78 is 31.4. The maximum atomic E-state index is 13.5. The first kappa shape index (κ1) is 17.3. The lowest BCUT2D eigenvalue weighted by molar-refractivity contribution is -0.137. The monoisotopic (exact) mass is 331 g/mol. The van der Waals surface area contributed by atoms with E-state index < -0.39 is 23.5 Å². The lowest BCUT2D eigenvalue weighted by Gasteiger charge is -2.06. The number of hydrogen-bond donors (Lipinski definition) is 1. The van der Waals surface area contributed by atoms with Crippen molar-refractivity contribution in [3.8, 4) is 0 Å². The number of ether oxygens (including phenoxy) is 1. The van der Waals surface area contributed by atoms with E-state index in [1.807, 2.05) is 0 Å². The standard InChI is InChI=1S/C18H15F2NO3/c1-2-24-17(22)10-5-12-3-7-14(8-4-12)21-18(23)15-11-13(19)6-9-16(15)20/h3-11H,2H2,1H3,(H,21,23)/b10-5+. The fourth-order valence-corrected chi connectivity index (χ4v) is 1.90. The van der Waals surface area contributed by atoms with Crippen molar-refractivity contribution in [2.24, 2.45) is 0 Å². The topological polar surface area (TPSA) is 55.4 Å². The fraction of sp³-hybridized carbons (Fsp3) is 0.111. The average Bonchev–Trinajstić information content (AvgIpc) is 2.56. The van der Waals surface area contributed by atoms with Gasteiger partial charge < -0.3 is 10.1 Å². The SMILES string of the molecule is CCOC(=O)/C=C/c1ccc(NC(=O)c2cc(F)ccc2F)cc1. The van der Waals surface area contributed by atoms with Gasteiger partial charge in [-0.2, -0.15) is 0 Å². The van der Waals surface area contributed by atoms with E-state index in [-0.39, 0.29) is 5.56 Å². The number of halogens is 2. The first-order valence-electron chi connectivity index (χ1n) is 7.21. The first-order valence-corrected chi connectivity index (χ1v) is 7.21. The molecule has 0 aliphatic heterocycles. The predicted octanol–water partition coefficient (Wildman–Crippen LogP) is 3.79. The molecule has 6 heteroatoms. The number of carbonyl (C=O) groups excluding carboxylic acids is 2. The predicted molar refractivity (Wildman–Crippen MR) is 86.4 cm³/mol. The van der Waals surface area contributed by atoms with Crippen LogP contribution in [0.4, 0.5) is 14.5 Å². The van der Waals surface area contributed by atoms with Crippen LogP contribution in [-0.4, -0.2) is 18.5 Å². The lowest BCUT2D eigenvalue weighted by Crippen LogP contribution is -2.14. The van der Waals surface area contributed by atoms with E-state index in [9.17, 15) is 18.4 Å². The maximum absolute atomic E-state index is 13.5. The summed E-state index contributed by atoms with van der Waals surface area (Å²) in [6, 6.07) is 9.16. The van der Waals surface area contributed by atoms with Gasteiger partial charge in [-0.05, 0) is 48.9 Å². The molecule has 24 heavy (non-hydrogen) atoms.